The molecule has 0 spiro atoms. The molecule has 0 saturated heterocycles. The topological polar surface area (TPSA) is 26.0 Å². The molecule has 0 atom stereocenters. The fraction of sp³-hybridized carbons (Fsp3) is 0.600. The van der Waals surface area contributed by atoms with E-state index >= 15 is 0 Å². The van der Waals surface area contributed by atoms with E-state index in [4.69, 9.17) is 5.73 Å². The Kier molecular flexibility index (Phi) is 11.2. The van der Waals surface area contributed by atoms with Crippen molar-refractivity contribution in [3.05, 3.63) is 23.3 Å². The van der Waals surface area contributed by atoms with Crippen molar-refractivity contribution in [3.8, 4) is 0 Å². The monoisotopic (exact) mass is 155 g/mol. The van der Waals surface area contributed by atoms with Crippen molar-refractivity contribution in [1.82, 2.24) is 0 Å². The molecule has 0 aliphatic carbocycles. The van der Waals surface area contributed by atoms with Crippen molar-refractivity contribution in [2.75, 3.05) is 6.54 Å². The van der Waals surface area contributed by atoms with Gasteiger partial charge in [0.1, 0.15) is 0 Å². The van der Waals surface area contributed by atoms with Crippen LogP contribution in [0.4, 0.5) is 0 Å². The summed E-state index contributed by atoms with van der Waals surface area (Å²) in [4.78, 5) is 0. The number of rotatable bonds is 2. The third-order valence-corrected chi connectivity index (χ3v) is 1.48. The van der Waals surface area contributed by atoms with E-state index < -0.39 is 0 Å². The standard InChI is InChI=1S/C8H15N.C2H6/c1-4-7(2)8(3)5-6-9;1-2/h4-5H,6,9H2,1-3H3;1-2H3/b7-4-,8-5-;. The van der Waals surface area contributed by atoms with E-state index in [1.807, 2.05) is 26.8 Å². The molecule has 0 fully saturated rings. The Hall–Kier alpha value is -0.560. The highest BCUT2D eigenvalue weighted by atomic mass is 14.5. The predicted octanol–water partition coefficient (Wildman–Crippen LogP) is 2.88. The molecule has 0 aliphatic rings. The minimum absolute atomic E-state index is 0.636. The molecular formula is C10H21N. The molecule has 0 amide bonds. The van der Waals surface area contributed by atoms with Gasteiger partial charge in [-0.3, -0.25) is 0 Å². The summed E-state index contributed by atoms with van der Waals surface area (Å²) < 4.78 is 0. The molecule has 2 N–H and O–H groups in total. The van der Waals surface area contributed by atoms with Crippen LogP contribution >= 0.6 is 0 Å². The lowest BCUT2D eigenvalue weighted by Gasteiger charge is -1.97. The van der Waals surface area contributed by atoms with Crippen LogP contribution in [0.2, 0.25) is 0 Å². The van der Waals surface area contributed by atoms with E-state index in [1.165, 1.54) is 11.1 Å². The Bertz CT molecular complexity index is 132. The lowest BCUT2D eigenvalue weighted by molar-refractivity contribution is 1.20. The van der Waals surface area contributed by atoms with E-state index in [2.05, 4.69) is 19.9 Å². The van der Waals surface area contributed by atoms with E-state index in [0.717, 1.165) is 0 Å². The second kappa shape index (κ2) is 9.44. The summed E-state index contributed by atoms with van der Waals surface area (Å²) in [5, 5.41) is 0. The molecule has 0 radical (unpaired) electrons. The first-order valence-electron chi connectivity index (χ1n) is 4.22. The van der Waals surface area contributed by atoms with Crippen molar-refractivity contribution in [2.45, 2.75) is 34.6 Å². The van der Waals surface area contributed by atoms with Crippen LogP contribution in [0, 0.1) is 0 Å². The molecule has 0 rings (SSSR count). The number of nitrogens with two attached hydrogens (primary N) is 1. The van der Waals surface area contributed by atoms with Gasteiger partial charge < -0.3 is 5.73 Å². The molecule has 0 saturated carbocycles. The smallest absolute Gasteiger partial charge is 0.0112 e. The molecule has 0 bridgehead atoms. The van der Waals surface area contributed by atoms with Crippen LogP contribution in [-0.2, 0) is 0 Å². The Balaban J connectivity index is 0. The van der Waals surface area contributed by atoms with Crippen molar-refractivity contribution < 1.29 is 0 Å². The van der Waals surface area contributed by atoms with Crippen LogP contribution < -0.4 is 5.73 Å². The molecular weight excluding hydrogens is 134 g/mol. The van der Waals surface area contributed by atoms with Gasteiger partial charge in [0.25, 0.3) is 0 Å². The normalized spacial score (nSPS) is 12.2. The fourth-order valence-electron chi connectivity index (χ4n) is 0.565. The van der Waals surface area contributed by atoms with E-state index in [-0.39, 0.29) is 0 Å². The molecule has 0 aliphatic heterocycles. The zero-order valence-corrected chi connectivity index (χ0v) is 8.44. The van der Waals surface area contributed by atoms with Gasteiger partial charge in [-0.15, -0.1) is 0 Å². The molecule has 1 nitrogen and oxygen atoms in total. The third-order valence-electron chi connectivity index (χ3n) is 1.48. The maximum Gasteiger partial charge on any atom is 0.0112 e. The van der Waals surface area contributed by atoms with E-state index in [1.54, 1.807) is 0 Å². The lowest BCUT2D eigenvalue weighted by Crippen LogP contribution is -1.94. The van der Waals surface area contributed by atoms with Crippen molar-refractivity contribution in [1.29, 1.82) is 0 Å². The first kappa shape index (κ1) is 13.1. The van der Waals surface area contributed by atoms with Gasteiger partial charge in [-0.2, -0.15) is 0 Å². The fourth-order valence-corrected chi connectivity index (χ4v) is 0.565. The zero-order chi connectivity index (χ0) is 9.28. The second-order valence-electron chi connectivity index (χ2n) is 2.09. The van der Waals surface area contributed by atoms with Gasteiger partial charge in [0.2, 0.25) is 0 Å². The van der Waals surface area contributed by atoms with Crippen LogP contribution in [0.15, 0.2) is 23.3 Å². The highest BCUT2D eigenvalue weighted by Gasteiger charge is 1.86. The quantitative estimate of drug-likeness (QED) is 0.610. The zero-order valence-electron chi connectivity index (χ0n) is 8.44. The molecule has 0 aromatic carbocycles. The van der Waals surface area contributed by atoms with Crippen LogP contribution in [0.5, 0.6) is 0 Å². The Morgan fingerprint density at radius 2 is 1.64 bits per heavy atom. The minimum Gasteiger partial charge on any atom is -0.327 e. The van der Waals surface area contributed by atoms with Crippen molar-refractivity contribution in [3.63, 3.8) is 0 Å². The molecule has 11 heavy (non-hydrogen) atoms. The summed E-state index contributed by atoms with van der Waals surface area (Å²) in [6.07, 6.45) is 4.11. The van der Waals surface area contributed by atoms with Gasteiger partial charge in [0, 0.05) is 6.54 Å². The van der Waals surface area contributed by atoms with Gasteiger partial charge in [-0.05, 0) is 20.8 Å². The number of hydrogen-bond donors (Lipinski definition) is 1. The van der Waals surface area contributed by atoms with Crippen molar-refractivity contribution >= 4 is 0 Å². The molecule has 1 heteroatoms. The summed E-state index contributed by atoms with van der Waals surface area (Å²) in [5.41, 5.74) is 7.90. The second-order valence-corrected chi connectivity index (χ2v) is 2.09. The van der Waals surface area contributed by atoms with Crippen LogP contribution in [0.25, 0.3) is 0 Å². The van der Waals surface area contributed by atoms with Gasteiger partial charge in [0.05, 0.1) is 0 Å². The van der Waals surface area contributed by atoms with Crippen molar-refractivity contribution in [2.24, 2.45) is 5.73 Å². The molecule has 0 unspecified atom stereocenters. The van der Waals surface area contributed by atoms with E-state index in [0.29, 0.717) is 6.54 Å². The summed E-state index contributed by atoms with van der Waals surface area (Å²) >= 11 is 0. The average Bonchev–Trinajstić information content (AvgIpc) is 2.07. The minimum atomic E-state index is 0.636. The summed E-state index contributed by atoms with van der Waals surface area (Å²) in [6.45, 7) is 10.8. The molecule has 0 aromatic rings. The third kappa shape index (κ3) is 7.34. The molecule has 0 aromatic heterocycles. The van der Waals surface area contributed by atoms with Crippen LogP contribution in [0.1, 0.15) is 34.6 Å². The first-order chi connectivity index (χ1) is 5.22. The Morgan fingerprint density at radius 3 is 1.91 bits per heavy atom. The van der Waals surface area contributed by atoms with Crippen LogP contribution in [-0.4, -0.2) is 6.54 Å². The van der Waals surface area contributed by atoms with Gasteiger partial charge in [-0.1, -0.05) is 37.1 Å². The van der Waals surface area contributed by atoms with Gasteiger partial charge in [0.15, 0.2) is 0 Å². The van der Waals surface area contributed by atoms with Crippen LogP contribution in [0.3, 0.4) is 0 Å². The largest absolute Gasteiger partial charge is 0.327 e. The van der Waals surface area contributed by atoms with E-state index in [9.17, 15) is 0 Å². The highest BCUT2D eigenvalue weighted by Crippen LogP contribution is 2.05. The summed E-state index contributed by atoms with van der Waals surface area (Å²) in [5.74, 6) is 0. The maximum atomic E-state index is 5.32. The molecule has 0 heterocycles. The number of hydrogen-bond acceptors (Lipinski definition) is 1. The van der Waals surface area contributed by atoms with Gasteiger partial charge >= 0.3 is 0 Å². The van der Waals surface area contributed by atoms with Gasteiger partial charge in [-0.25, -0.2) is 0 Å². The Morgan fingerprint density at radius 1 is 1.18 bits per heavy atom. The highest BCUT2D eigenvalue weighted by molar-refractivity contribution is 5.26. The average molecular weight is 155 g/mol. The first-order valence-corrected chi connectivity index (χ1v) is 4.22. The summed E-state index contributed by atoms with van der Waals surface area (Å²) in [7, 11) is 0. The number of allylic oxidation sites excluding steroid dienone is 3. The summed E-state index contributed by atoms with van der Waals surface area (Å²) in [6, 6.07) is 0. The Labute approximate surface area is 71.0 Å². The lowest BCUT2D eigenvalue weighted by atomic mass is 10.1. The maximum absolute atomic E-state index is 5.32. The molecule has 66 valence electrons. The SMILES string of the molecule is C/C=C(C)\C(C)=C/CN.CC. The predicted molar refractivity (Wildman–Crippen MR) is 53.6 cm³/mol.